The van der Waals surface area contributed by atoms with Crippen LogP contribution in [0.25, 0.3) is 0 Å². The van der Waals surface area contributed by atoms with Crippen LogP contribution in [0.1, 0.15) is 5.56 Å². The standard InChI is InChI=1S/C18H17N7O6S2.Na/c1-24-18(20-22-23-24)33-7-9-6-32-16-12(15(28)25(16)13(9)17(29)30)19-14(27)11(21-31)8-3-2-4-10(26)5-8;/h2-5,12,16,26,31H,6-7H2,1H3,(H,19,27)(H,29,30);/q;+1/p-1/b21-11+;. The Morgan fingerprint density at radius 3 is 2.79 bits per heavy atom. The zero-order chi connectivity index (χ0) is 23.7. The molecule has 0 spiro atoms. The number of rotatable bonds is 7. The van der Waals surface area contributed by atoms with E-state index in [1.807, 2.05) is 0 Å². The summed E-state index contributed by atoms with van der Waals surface area (Å²) in [6, 6.07) is 4.50. The number of hydrogen-bond donors (Lipinski definition) is 3. The summed E-state index contributed by atoms with van der Waals surface area (Å²) in [5, 5.41) is 47.0. The Balaban J connectivity index is 0.00000324. The second-order valence-corrected chi connectivity index (χ2v) is 9.02. The molecule has 0 radical (unpaired) electrons. The molecule has 3 heterocycles. The van der Waals surface area contributed by atoms with Gasteiger partial charge in [-0.15, -0.1) is 16.9 Å². The predicted molar refractivity (Wildman–Crippen MR) is 113 cm³/mol. The molecule has 34 heavy (non-hydrogen) atoms. The molecule has 0 bridgehead atoms. The van der Waals surface area contributed by atoms with Crippen LogP contribution in [0.3, 0.4) is 0 Å². The van der Waals surface area contributed by atoms with Crippen LogP contribution < -0.4 is 40.0 Å². The minimum absolute atomic E-state index is 0. The molecule has 3 N–H and O–H groups in total. The molecule has 1 aromatic heterocycles. The molecule has 0 aliphatic carbocycles. The fourth-order valence-electron chi connectivity index (χ4n) is 3.37. The Morgan fingerprint density at radius 2 is 2.18 bits per heavy atom. The average molecular weight is 513 g/mol. The molecule has 0 saturated carbocycles. The van der Waals surface area contributed by atoms with Gasteiger partial charge in [-0.25, -0.2) is 4.68 Å². The van der Waals surface area contributed by atoms with Gasteiger partial charge in [0.25, 0.3) is 11.8 Å². The quantitative estimate of drug-likeness (QED) is 0.0806. The van der Waals surface area contributed by atoms with Crippen LogP contribution in [0.2, 0.25) is 0 Å². The molecule has 4 rings (SSSR count). The molecule has 13 nitrogen and oxygen atoms in total. The van der Waals surface area contributed by atoms with Gasteiger partial charge in [-0.1, -0.05) is 29.1 Å². The summed E-state index contributed by atoms with van der Waals surface area (Å²) in [5.74, 6) is -2.59. The van der Waals surface area contributed by atoms with Crippen LogP contribution in [0.4, 0.5) is 0 Å². The van der Waals surface area contributed by atoms with Gasteiger partial charge in [0.05, 0.1) is 11.7 Å². The Hall–Kier alpha value is -2.59. The molecule has 2 aromatic rings. The summed E-state index contributed by atoms with van der Waals surface area (Å²) in [4.78, 5) is 38.3. The summed E-state index contributed by atoms with van der Waals surface area (Å²) in [6.45, 7) is 0. The Morgan fingerprint density at radius 1 is 1.41 bits per heavy atom. The zero-order valence-corrected chi connectivity index (χ0v) is 21.5. The maximum atomic E-state index is 12.8. The van der Waals surface area contributed by atoms with Crippen molar-refractivity contribution in [3.8, 4) is 5.75 Å². The van der Waals surface area contributed by atoms with Gasteiger partial charge in [0.2, 0.25) is 5.16 Å². The third-order valence-corrected chi connectivity index (χ3v) is 7.36. The molecule has 2 aliphatic rings. The molecule has 2 aliphatic heterocycles. The fraction of sp³-hybridized carbons (Fsp3) is 0.278. The van der Waals surface area contributed by atoms with Gasteiger partial charge in [0.1, 0.15) is 17.2 Å². The summed E-state index contributed by atoms with van der Waals surface area (Å²) in [6.07, 6.45) is 0. The van der Waals surface area contributed by atoms with Crippen molar-refractivity contribution in [1.82, 2.24) is 30.4 Å². The molecule has 2 amide bonds. The molecular formula is C18H16N7NaO6S2. The molecule has 2 unspecified atom stereocenters. The molecule has 1 aromatic carbocycles. The first-order chi connectivity index (χ1) is 15.8. The number of carbonyl (C=O) groups excluding carboxylic acids is 3. The molecule has 1 saturated heterocycles. The van der Waals surface area contributed by atoms with Crippen LogP contribution in [-0.2, 0) is 21.4 Å². The van der Waals surface area contributed by atoms with Crippen molar-refractivity contribution in [2.24, 2.45) is 12.2 Å². The number of hydrogen-bond acceptors (Lipinski definition) is 12. The van der Waals surface area contributed by atoms with Crippen molar-refractivity contribution in [2.75, 3.05) is 11.5 Å². The van der Waals surface area contributed by atoms with Crippen LogP contribution in [0.5, 0.6) is 5.75 Å². The fourth-order valence-corrected chi connectivity index (χ4v) is 5.71. The van der Waals surface area contributed by atoms with E-state index in [-0.39, 0.29) is 58.1 Å². The number of nitrogens with one attached hydrogen (secondary N) is 1. The van der Waals surface area contributed by atoms with Crippen molar-refractivity contribution in [3.05, 3.63) is 41.1 Å². The number of fused-ring (bicyclic) bond motifs is 1. The van der Waals surface area contributed by atoms with Crippen LogP contribution in [0.15, 0.2) is 45.8 Å². The predicted octanol–water partition coefficient (Wildman–Crippen LogP) is -4.71. The van der Waals surface area contributed by atoms with Crippen LogP contribution in [-0.4, -0.2) is 81.8 Å². The van der Waals surface area contributed by atoms with Crippen LogP contribution in [0, 0.1) is 0 Å². The van der Waals surface area contributed by atoms with Gasteiger partial charge in [-0.2, -0.15) is 0 Å². The van der Waals surface area contributed by atoms with Gasteiger partial charge in [-0.3, -0.25) is 14.5 Å². The van der Waals surface area contributed by atoms with Gasteiger partial charge < -0.3 is 25.5 Å². The summed E-state index contributed by atoms with van der Waals surface area (Å²) < 4.78 is 1.44. The number of phenolic OH excluding ortho intramolecular Hbond substituents is 1. The van der Waals surface area contributed by atoms with Crippen molar-refractivity contribution < 1.29 is 59.4 Å². The third kappa shape index (κ3) is 4.93. The number of thioether (sulfide) groups is 2. The number of aliphatic carboxylic acids is 1. The molecular weight excluding hydrogens is 497 g/mol. The van der Waals surface area contributed by atoms with E-state index in [1.165, 1.54) is 52.5 Å². The molecule has 16 heteroatoms. The van der Waals surface area contributed by atoms with E-state index in [0.717, 1.165) is 4.90 Å². The first kappa shape index (κ1) is 26.0. The van der Waals surface area contributed by atoms with Crippen molar-refractivity contribution in [2.45, 2.75) is 16.6 Å². The van der Waals surface area contributed by atoms with Gasteiger partial charge in [-0.05, 0) is 28.1 Å². The van der Waals surface area contributed by atoms with E-state index in [9.17, 15) is 29.8 Å². The van der Waals surface area contributed by atoms with Gasteiger partial charge in [0, 0.05) is 24.1 Å². The number of aromatic nitrogens is 4. The maximum absolute atomic E-state index is 12.8. The molecule has 172 valence electrons. The number of amides is 2. The number of aromatic hydroxyl groups is 1. The average Bonchev–Trinajstić information content (AvgIpc) is 3.20. The molecule has 1 fully saturated rings. The number of nitrogens with zero attached hydrogens (tertiary/aromatic N) is 6. The Bertz CT molecular complexity index is 1200. The molecule has 2 atom stereocenters. The number of oxime groups is 1. The van der Waals surface area contributed by atoms with E-state index in [2.05, 4.69) is 26.0 Å². The Kier molecular flexibility index (Phi) is 8.25. The zero-order valence-electron chi connectivity index (χ0n) is 17.9. The maximum Gasteiger partial charge on any atom is 1.00 e. The van der Waals surface area contributed by atoms with E-state index in [1.54, 1.807) is 7.05 Å². The first-order valence-electron chi connectivity index (χ1n) is 9.37. The minimum Gasteiger partial charge on any atom is -0.543 e. The van der Waals surface area contributed by atoms with Crippen molar-refractivity contribution in [1.29, 1.82) is 0 Å². The van der Waals surface area contributed by atoms with E-state index in [0.29, 0.717) is 10.7 Å². The van der Waals surface area contributed by atoms with E-state index in [4.69, 9.17) is 0 Å². The largest absolute Gasteiger partial charge is 1.00 e. The number of β-lactam (4-membered cyclic amide) rings is 1. The number of aryl methyl sites for hydroxylation is 1. The van der Waals surface area contributed by atoms with Crippen molar-refractivity contribution in [3.63, 3.8) is 0 Å². The van der Waals surface area contributed by atoms with E-state index >= 15 is 0 Å². The topological polar surface area (TPSA) is 186 Å². The Labute approximate surface area is 222 Å². The van der Waals surface area contributed by atoms with Crippen molar-refractivity contribution >= 4 is 47.0 Å². The third-order valence-electron chi connectivity index (χ3n) is 4.92. The second-order valence-electron chi connectivity index (χ2n) is 6.97. The summed E-state index contributed by atoms with van der Waals surface area (Å²) in [5.41, 5.74) is -0.0218. The number of benzene rings is 1. The summed E-state index contributed by atoms with van der Waals surface area (Å²) >= 11 is 2.50. The van der Waals surface area contributed by atoms with Crippen LogP contribution >= 0.6 is 23.5 Å². The second kappa shape index (κ2) is 10.8. The number of carbonyl (C=O) groups is 3. The van der Waals surface area contributed by atoms with Gasteiger partial charge in [0.15, 0.2) is 5.71 Å². The van der Waals surface area contributed by atoms with E-state index < -0.39 is 34.9 Å². The number of phenols is 1. The number of carboxylic acids is 1. The minimum atomic E-state index is -1.50. The monoisotopic (exact) mass is 513 g/mol. The normalized spacial score (nSPS) is 19.7. The summed E-state index contributed by atoms with van der Waals surface area (Å²) in [7, 11) is 1.65. The first-order valence-corrected chi connectivity index (χ1v) is 11.4. The smallest absolute Gasteiger partial charge is 0.543 e. The van der Waals surface area contributed by atoms with Gasteiger partial charge >= 0.3 is 29.6 Å². The number of tetrazole rings is 1. The number of carboxylic acid groups (broad SMARTS) is 1. The SMILES string of the molecule is Cn1nnnc1SCC1=C(C(=O)[O-])N2C(=O)C(NC(=O)/C(=N/O)c3cccc(O)c3)C2SC1.[Na+].